The Hall–Kier alpha value is -3.28. The van der Waals surface area contributed by atoms with Crippen molar-refractivity contribution in [3.8, 4) is 22.8 Å². The quantitative estimate of drug-likeness (QED) is 0.326. The van der Waals surface area contributed by atoms with E-state index in [0.29, 0.717) is 40.9 Å². The molecule has 0 unspecified atom stereocenters. The molecule has 6 aliphatic rings. The van der Waals surface area contributed by atoms with Crippen LogP contribution >= 0.6 is 0 Å². The van der Waals surface area contributed by atoms with E-state index >= 15 is 0 Å². The van der Waals surface area contributed by atoms with E-state index in [0.717, 1.165) is 88.4 Å². The third kappa shape index (κ3) is 4.97. The van der Waals surface area contributed by atoms with Crippen molar-refractivity contribution in [1.82, 2.24) is 34.9 Å². The minimum absolute atomic E-state index is 0.225. The van der Waals surface area contributed by atoms with Crippen LogP contribution in [0, 0.1) is 23.1 Å². The van der Waals surface area contributed by atoms with Gasteiger partial charge in [0.05, 0.1) is 17.9 Å². The summed E-state index contributed by atoms with van der Waals surface area (Å²) in [6, 6.07) is 5.95. The summed E-state index contributed by atoms with van der Waals surface area (Å²) in [7, 11) is 0. The van der Waals surface area contributed by atoms with Gasteiger partial charge in [0.2, 0.25) is 0 Å². The molecule has 0 N–H and O–H groups in total. The normalized spacial score (nSPS) is 27.3. The number of anilines is 1. The van der Waals surface area contributed by atoms with Crippen molar-refractivity contribution >= 4 is 5.82 Å². The molecule has 4 saturated heterocycles. The number of hydrogen-bond donors (Lipinski definition) is 0. The Kier molecular flexibility index (Phi) is 6.84. The van der Waals surface area contributed by atoms with Gasteiger partial charge in [0.1, 0.15) is 24.2 Å². The minimum Gasteiger partial charge on any atom is -0.434 e. The van der Waals surface area contributed by atoms with Crippen LogP contribution < -0.4 is 9.64 Å². The van der Waals surface area contributed by atoms with E-state index in [1.165, 1.54) is 37.7 Å². The molecule has 10 nitrogen and oxygen atoms in total. The van der Waals surface area contributed by atoms with Crippen molar-refractivity contribution in [3.05, 3.63) is 48.6 Å². The Bertz CT molecular complexity index is 1610. The lowest BCUT2D eigenvalue weighted by Crippen LogP contribution is -2.72. The number of hydrogen-bond acceptors (Lipinski definition) is 10. The number of benzene rings is 1. The monoisotopic (exact) mass is 626 g/mol. The molecule has 6 heterocycles. The molecule has 1 atom stereocenters. The molecule has 3 aromatic rings. The maximum absolute atomic E-state index is 14.6. The fourth-order valence-corrected chi connectivity index (χ4v) is 9.14. The number of rotatable bonds is 9. The van der Waals surface area contributed by atoms with E-state index in [1.54, 1.807) is 18.6 Å². The molecule has 242 valence electrons. The van der Waals surface area contributed by atoms with Crippen LogP contribution in [0.1, 0.15) is 64.0 Å². The van der Waals surface area contributed by atoms with Crippen LogP contribution in [0.3, 0.4) is 0 Å². The van der Waals surface area contributed by atoms with Gasteiger partial charge in [-0.2, -0.15) is 0 Å². The Morgan fingerprint density at radius 3 is 2.57 bits per heavy atom. The van der Waals surface area contributed by atoms with E-state index in [2.05, 4.69) is 53.7 Å². The summed E-state index contributed by atoms with van der Waals surface area (Å²) >= 11 is 0. The third-order valence-corrected chi connectivity index (χ3v) is 11.7. The molecule has 0 bridgehead atoms. The van der Waals surface area contributed by atoms with Gasteiger partial charge in [-0.3, -0.25) is 9.80 Å². The van der Waals surface area contributed by atoms with E-state index in [1.807, 2.05) is 0 Å². The van der Waals surface area contributed by atoms with Crippen LogP contribution in [-0.2, 0) is 4.74 Å². The summed E-state index contributed by atoms with van der Waals surface area (Å²) in [5, 5.41) is 8.44. The summed E-state index contributed by atoms with van der Waals surface area (Å²) in [5.74, 6) is 3.00. The molecule has 4 aliphatic heterocycles. The highest BCUT2D eigenvalue weighted by Gasteiger charge is 2.56. The molecule has 1 aromatic carbocycles. The fourth-order valence-electron chi connectivity index (χ4n) is 9.14. The van der Waals surface area contributed by atoms with Gasteiger partial charge < -0.3 is 14.4 Å². The van der Waals surface area contributed by atoms with Crippen molar-refractivity contribution in [3.63, 3.8) is 0 Å². The van der Waals surface area contributed by atoms with Crippen LogP contribution in [0.4, 0.5) is 10.2 Å². The Balaban J connectivity index is 0.872. The average molecular weight is 627 g/mol. The Labute approximate surface area is 269 Å². The first-order valence-corrected chi connectivity index (χ1v) is 17.2. The summed E-state index contributed by atoms with van der Waals surface area (Å²) < 4.78 is 26.8. The topological polar surface area (TPSA) is 92.6 Å². The van der Waals surface area contributed by atoms with Gasteiger partial charge >= 0.3 is 0 Å². The molecular formula is C35H43FN8O2. The molecule has 0 amide bonds. The smallest absolute Gasteiger partial charge is 0.282 e. The number of ether oxygens (including phenoxy) is 2. The van der Waals surface area contributed by atoms with E-state index < -0.39 is 0 Å². The molecule has 11 heteroatoms. The van der Waals surface area contributed by atoms with E-state index in [9.17, 15) is 4.39 Å². The maximum atomic E-state index is 14.6. The first-order valence-electron chi connectivity index (χ1n) is 17.2. The summed E-state index contributed by atoms with van der Waals surface area (Å²) in [6.07, 6.45) is 12.0. The molecule has 2 spiro atoms. The SMILES string of the molecule is CC(C)[C@H](C1CC(N2CC3(CCO3)C2)C1)N1CC2(CCN(c3ncnnc3Oc3ccc(F)cc3-c3cncnc3C3CC3)C2)C1. The zero-order valence-electron chi connectivity index (χ0n) is 26.8. The number of nitrogens with zero attached hydrogens (tertiary/aromatic N) is 8. The first kappa shape index (κ1) is 28.9. The lowest BCUT2D eigenvalue weighted by atomic mass is 9.67. The van der Waals surface area contributed by atoms with Crippen molar-refractivity contribution in [2.75, 3.05) is 50.8 Å². The van der Waals surface area contributed by atoms with Crippen LogP contribution in [-0.4, -0.2) is 98.5 Å². The molecular weight excluding hydrogens is 583 g/mol. The van der Waals surface area contributed by atoms with Crippen LogP contribution in [0.5, 0.6) is 11.6 Å². The summed E-state index contributed by atoms with van der Waals surface area (Å²) in [6.45, 7) is 12.1. The molecule has 0 radical (unpaired) electrons. The lowest BCUT2D eigenvalue weighted by Gasteiger charge is -2.62. The van der Waals surface area contributed by atoms with E-state index in [4.69, 9.17) is 9.47 Å². The number of halogens is 1. The second-order valence-corrected chi connectivity index (χ2v) is 15.3. The van der Waals surface area contributed by atoms with Gasteiger partial charge in [-0.25, -0.2) is 19.3 Å². The zero-order valence-corrected chi connectivity index (χ0v) is 26.8. The molecule has 46 heavy (non-hydrogen) atoms. The van der Waals surface area contributed by atoms with Crippen LogP contribution in [0.25, 0.3) is 11.1 Å². The van der Waals surface area contributed by atoms with Crippen molar-refractivity contribution in [2.45, 2.75) is 76.0 Å². The van der Waals surface area contributed by atoms with Gasteiger partial charge in [-0.1, -0.05) is 13.8 Å². The fraction of sp³-hybridized carbons (Fsp3) is 0.629. The standard InChI is InChI=1S/C35H43FN8O2/c1-22(2)31(24-11-26(12-24)43-18-35(19-43)8-10-45-35)44-16-34(17-44)7-9-42(15-34)32-33(41-40-21-39-32)46-29-6-5-25(36)13-27(29)28-14-37-20-38-30(28)23-3-4-23/h5-6,13-14,20-24,26,31H,3-4,7-12,15-19H2,1-2H3/t24?,26?,31-/m1/s1. The van der Waals surface area contributed by atoms with Crippen molar-refractivity contribution < 1.29 is 13.9 Å². The predicted molar refractivity (Wildman–Crippen MR) is 170 cm³/mol. The van der Waals surface area contributed by atoms with Crippen LogP contribution in [0.15, 0.2) is 37.1 Å². The van der Waals surface area contributed by atoms with Crippen molar-refractivity contribution in [1.29, 1.82) is 0 Å². The third-order valence-electron chi connectivity index (χ3n) is 11.7. The van der Waals surface area contributed by atoms with Crippen molar-refractivity contribution in [2.24, 2.45) is 17.3 Å². The molecule has 2 aromatic heterocycles. The Morgan fingerprint density at radius 1 is 1.00 bits per heavy atom. The van der Waals surface area contributed by atoms with E-state index in [-0.39, 0.29) is 16.8 Å². The lowest BCUT2D eigenvalue weighted by molar-refractivity contribution is -0.239. The van der Waals surface area contributed by atoms with Gasteiger partial charge in [0.15, 0.2) is 5.82 Å². The average Bonchev–Trinajstić information content (AvgIpc) is 3.72. The highest BCUT2D eigenvalue weighted by Crippen LogP contribution is 2.50. The zero-order chi connectivity index (χ0) is 31.0. The van der Waals surface area contributed by atoms with Gasteiger partial charge in [0, 0.05) is 86.4 Å². The Morgan fingerprint density at radius 2 is 1.83 bits per heavy atom. The number of likely N-dealkylation sites (tertiary alicyclic amines) is 2. The highest BCUT2D eigenvalue weighted by molar-refractivity contribution is 5.73. The summed E-state index contributed by atoms with van der Waals surface area (Å²) in [5.41, 5.74) is 2.84. The number of aromatic nitrogens is 5. The minimum atomic E-state index is -0.337. The molecule has 2 aliphatic carbocycles. The largest absolute Gasteiger partial charge is 0.434 e. The van der Waals surface area contributed by atoms with Gasteiger partial charge in [0.25, 0.3) is 5.88 Å². The second-order valence-electron chi connectivity index (χ2n) is 15.3. The highest BCUT2D eigenvalue weighted by atomic mass is 19.1. The molecule has 9 rings (SSSR count). The maximum Gasteiger partial charge on any atom is 0.282 e. The molecule has 2 saturated carbocycles. The predicted octanol–water partition coefficient (Wildman–Crippen LogP) is 4.93. The summed E-state index contributed by atoms with van der Waals surface area (Å²) in [4.78, 5) is 21.2. The van der Waals surface area contributed by atoms with Gasteiger partial charge in [-0.15, -0.1) is 10.2 Å². The van der Waals surface area contributed by atoms with Crippen LogP contribution in [0.2, 0.25) is 0 Å². The van der Waals surface area contributed by atoms with Gasteiger partial charge in [-0.05, 0) is 62.1 Å². The molecule has 6 fully saturated rings. The first-order chi connectivity index (χ1) is 22.4. The second kappa shape index (κ2) is 10.9.